The highest BCUT2D eigenvalue weighted by atomic mass is 16.5. The van der Waals surface area contributed by atoms with Crippen molar-refractivity contribution >= 4 is 5.78 Å². The van der Waals surface area contributed by atoms with E-state index in [-0.39, 0.29) is 5.78 Å². The van der Waals surface area contributed by atoms with Crippen LogP contribution in [0.5, 0.6) is 11.5 Å². The Hall–Kier alpha value is -2.67. The molecule has 0 aliphatic carbocycles. The Bertz CT molecular complexity index is 595. The Labute approximate surface area is 104 Å². The zero-order chi connectivity index (χ0) is 13.0. The first kappa shape index (κ1) is 11.8. The molecule has 0 radical (unpaired) electrons. The van der Waals surface area contributed by atoms with Gasteiger partial charge in [0.25, 0.3) is 0 Å². The van der Waals surface area contributed by atoms with Gasteiger partial charge in [0.2, 0.25) is 0 Å². The molecule has 88 valence electrons. The van der Waals surface area contributed by atoms with E-state index in [2.05, 4.69) is 4.98 Å². The van der Waals surface area contributed by atoms with Crippen molar-refractivity contribution < 1.29 is 9.53 Å². The zero-order valence-electron chi connectivity index (χ0n) is 9.75. The largest absolute Gasteiger partial charge is 0.456 e. The molecule has 0 bridgehead atoms. The van der Waals surface area contributed by atoms with E-state index in [0.717, 1.165) is 0 Å². The lowest BCUT2D eigenvalue weighted by Crippen LogP contribution is -1.95. The third-order valence-corrected chi connectivity index (χ3v) is 2.32. The molecule has 0 aliphatic rings. The summed E-state index contributed by atoms with van der Waals surface area (Å²) in [5, 5.41) is 8.67. The number of Topliss-reactive ketones (excluding diaryl/α,β-unsaturated/α-hetero) is 1. The average Bonchev–Trinajstić information content (AvgIpc) is 2.40. The van der Waals surface area contributed by atoms with E-state index < -0.39 is 0 Å². The van der Waals surface area contributed by atoms with Crippen molar-refractivity contribution in [3.05, 3.63) is 53.9 Å². The first-order valence-electron chi connectivity index (χ1n) is 5.34. The molecule has 1 aromatic carbocycles. The minimum atomic E-state index is -0.0834. The molecule has 0 atom stereocenters. The van der Waals surface area contributed by atoms with Crippen molar-refractivity contribution in [2.45, 2.75) is 6.92 Å². The number of aromatic nitrogens is 1. The maximum atomic E-state index is 11.1. The second-order valence-corrected chi connectivity index (χ2v) is 3.67. The first-order valence-corrected chi connectivity index (χ1v) is 5.34. The van der Waals surface area contributed by atoms with Gasteiger partial charge in [0.15, 0.2) is 5.78 Å². The highest BCUT2D eigenvalue weighted by Gasteiger charge is 2.02. The van der Waals surface area contributed by atoms with Crippen molar-refractivity contribution in [3.63, 3.8) is 0 Å². The Kier molecular flexibility index (Phi) is 3.35. The predicted octanol–water partition coefficient (Wildman–Crippen LogP) is 2.95. The molecular weight excluding hydrogens is 228 g/mol. The lowest BCUT2D eigenvalue weighted by molar-refractivity contribution is 0.101. The minimum absolute atomic E-state index is 0.0834. The standard InChI is InChI=1S/C14H10N2O2/c1-10(17)14-7-6-13(9-16-14)18-12-4-2-11(8-15)3-5-12/h2-7,9H,1H3. The van der Waals surface area contributed by atoms with E-state index in [4.69, 9.17) is 10.00 Å². The van der Waals surface area contributed by atoms with Crippen LogP contribution in [-0.2, 0) is 0 Å². The molecule has 1 heterocycles. The molecule has 0 spiro atoms. The van der Waals surface area contributed by atoms with Crippen molar-refractivity contribution in [1.29, 1.82) is 5.26 Å². The second kappa shape index (κ2) is 5.11. The number of pyridine rings is 1. The van der Waals surface area contributed by atoms with Crippen LogP contribution < -0.4 is 4.74 Å². The number of nitrogens with zero attached hydrogens (tertiary/aromatic N) is 2. The van der Waals surface area contributed by atoms with Crippen LogP contribution in [0, 0.1) is 11.3 Å². The lowest BCUT2D eigenvalue weighted by Gasteiger charge is -2.05. The number of hydrogen-bond acceptors (Lipinski definition) is 4. The molecule has 4 heteroatoms. The average molecular weight is 238 g/mol. The van der Waals surface area contributed by atoms with Crippen LogP contribution in [0.2, 0.25) is 0 Å². The fourth-order valence-corrected chi connectivity index (χ4v) is 1.38. The van der Waals surface area contributed by atoms with Gasteiger partial charge in [-0.3, -0.25) is 4.79 Å². The second-order valence-electron chi connectivity index (χ2n) is 3.67. The Morgan fingerprint density at radius 2 is 1.83 bits per heavy atom. The lowest BCUT2D eigenvalue weighted by atomic mass is 10.2. The molecule has 0 amide bonds. The van der Waals surface area contributed by atoms with Gasteiger partial charge in [0.1, 0.15) is 17.2 Å². The fraction of sp³-hybridized carbons (Fsp3) is 0.0714. The van der Waals surface area contributed by atoms with E-state index in [1.807, 2.05) is 6.07 Å². The van der Waals surface area contributed by atoms with Crippen LogP contribution in [0.4, 0.5) is 0 Å². The Balaban J connectivity index is 2.13. The number of carbonyl (C=O) groups excluding carboxylic acids is 1. The van der Waals surface area contributed by atoms with Crippen LogP contribution in [0.1, 0.15) is 23.0 Å². The first-order chi connectivity index (χ1) is 8.69. The molecule has 4 nitrogen and oxygen atoms in total. The van der Waals surface area contributed by atoms with E-state index in [1.165, 1.54) is 13.1 Å². The minimum Gasteiger partial charge on any atom is -0.456 e. The number of carbonyl (C=O) groups is 1. The summed E-state index contributed by atoms with van der Waals surface area (Å²) in [7, 11) is 0. The summed E-state index contributed by atoms with van der Waals surface area (Å²) < 4.78 is 5.53. The third-order valence-electron chi connectivity index (χ3n) is 2.32. The summed E-state index contributed by atoms with van der Waals surface area (Å²) >= 11 is 0. The number of benzene rings is 1. The molecule has 2 aromatic rings. The van der Waals surface area contributed by atoms with Crippen molar-refractivity contribution in [3.8, 4) is 17.6 Å². The van der Waals surface area contributed by atoms with Gasteiger partial charge >= 0.3 is 0 Å². The molecule has 0 saturated heterocycles. The van der Waals surface area contributed by atoms with E-state index in [1.54, 1.807) is 36.4 Å². The van der Waals surface area contributed by atoms with E-state index >= 15 is 0 Å². The highest BCUT2D eigenvalue weighted by molar-refractivity contribution is 5.92. The smallest absolute Gasteiger partial charge is 0.178 e. The topological polar surface area (TPSA) is 63.0 Å². The summed E-state index contributed by atoms with van der Waals surface area (Å²) in [6.45, 7) is 1.46. The van der Waals surface area contributed by atoms with Gasteiger partial charge in [0.05, 0.1) is 17.8 Å². The van der Waals surface area contributed by atoms with Crippen LogP contribution in [0.25, 0.3) is 0 Å². The van der Waals surface area contributed by atoms with Gasteiger partial charge in [-0.05, 0) is 36.4 Å². The normalized spacial score (nSPS) is 9.56. The van der Waals surface area contributed by atoms with Crippen molar-refractivity contribution in [2.75, 3.05) is 0 Å². The Morgan fingerprint density at radius 1 is 1.17 bits per heavy atom. The van der Waals surface area contributed by atoms with Crippen molar-refractivity contribution in [2.24, 2.45) is 0 Å². The molecular formula is C14H10N2O2. The summed E-state index contributed by atoms with van der Waals surface area (Å²) in [4.78, 5) is 15.0. The summed E-state index contributed by atoms with van der Waals surface area (Å²) in [6.07, 6.45) is 1.49. The van der Waals surface area contributed by atoms with Gasteiger partial charge in [-0.25, -0.2) is 4.98 Å². The van der Waals surface area contributed by atoms with Crippen LogP contribution in [-0.4, -0.2) is 10.8 Å². The van der Waals surface area contributed by atoms with Crippen LogP contribution in [0.15, 0.2) is 42.6 Å². The molecule has 0 N–H and O–H groups in total. The number of ether oxygens (including phenoxy) is 1. The summed E-state index contributed by atoms with van der Waals surface area (Å²) in [6, 6.07) is 12.1. The zero-order valence-corrected chi connectivity index (χ0v) is 9.75. The quantitative estimate of drug-likeness (QED) is 0.771. The molecule has 0 aliphatic heterocycles. The van der Waals surface area contributed by atoms with E-state index in [9.17, 15) is 4.79 Å². The molecule has 1 aromatic heterocycles. The third kappa shape index (κ3) is 2.71. The number of hydrogen-bond donors (Lipinski definition) is 0. The predicted molar refractivity (Wildman–Crippen MR) is 65.5 cm³/mol. The number of ketones is 1. The van der Waals surface area contributed by atoms with Gasteiger partial charge in [-0.1, -0.05) is 0 Å². The molecule has 18 heavy (non-hydrogen) atoms. The van der Waals surface area contributed by atoms with Crippen molar-refractivity contribution in [1.82, 2.24) is 4.98 Å². The van der Waals surface area contributed by atoms with Crippen LogP contribution >= 0.6 is 0 Å². The monoisotopic (exact) mass is 238 g/mol. The van der Waals surface area contributed by atoms with E-state index in [0.29, 0.717) is 22.8 Å². The molecule has 0 unspecified atom stereocenters. The summed E-state index contributed by atoms with van der Waals surface area (Å²) in [5.74, 6) is 1.08. The van der Waals surface area contributed by atoms with Gasteiger partial charge in [-0.15, -0.1) is 0 Å². The highest BCUT2D eigenvalue weighted by Crippen LogP contribution is 2.20. The number of rotatable bonds is 3. The SMILES string of the molecule is CC(=O)c1ccc(Oc2ccc(C#N)cc2)cn1. The molecule has 0 fully saturated rings. The van der Waals surface area contributed by atoms with Gasteiger partial charge in [0, 0.05) is 6.92 Å². The molecule has 2 rings (SSSR count). The number of nitriles is 1. The van der Waals surface area contributed by atoms with Crippen LogP contribution in [0.3, 0.4) is 0 Å². The van der Waals surface area contributed by atoms with Gasteiger partial charge in [-0.2, -0.15) is 5.26 Å². The maximum absolute atomic E-state index is 11.1. The fourth-order valence-electron chi connectivity index (χ4n) is 1.38. The van der Waals surface area contributed by atoms with Gasteiger partial charge < -0.3 is 4.74 Å². The molecule has 0 saturated carbocycles. The summed E-state index contributed by atoms with van der Waals surface area (Å²) in [5.41, 5.74) is 0.981. The maximum Gasteiger partial charge on any atom is 0.178 e. The Morgan fingerprint density at radius 3 is 2.33 bits per heavy atom.